The molecule has 2 rings (SSSR count). The molecule has 0 spiro atoms. The first-order chi connectivity index (χ1) is 10.9. The van der Waals surface area contributed by atoms with Gasteiger partial charge in [0, 0.05) is 10.7 Å². The van der Waals surface area contributed by atoms with E-state index in [1.54, 1.807) is 20.8 Å². The zero-order chi connectivity index (χ0) is 18.4. The van der Waals surface area contributed by atoms with Gasteiger partial charge in [-0.2, -0.15) is 0 Å². The van der Waals surface area contributed by atoms with Gasteiger partial charge in [-0.15, -0.1) is 0 Å². The van der Waals surface area contributed by atoms with Crippen molar-refractivity contribution in [2.24, 2.45) is 0 Å². The Morgan fingerprint density at radius 1 is 1.00 bits per heavy atom. The van der Waals surface area contributed by atoms with Crippen molar-refractivity contribution in [1.82, 2.24) is 4.57 Å². The molecular formula is C15H11BrF5NO2. The molecule has 0 saturated carbocycles. The van der Waals surface area contributed by atoms with Gasteiger partial charge in [-0.25, -0.2) is 26.7 Å². The smallest absolute Gasteiger partial charge is 0.419 e. The second kappa shape index (κ2) is 6.19. The molecule has 3 nitrogen and oxygen atoms in total. The third-order valence-electron chi connectivity index (χ3n) is 2.84. The maximum atomic E-state index is 14.0. The van der Waals surface area contributed by atoms with Gasteiger partial charge in [0.05, 0.1) is 11.3 Å². The first-order valence-electron chi connectivity index (χ1n) is 6.57. The van der Waals surface area contributed by atoms with Gasteiger partial charge >= 0.3 is 6.09 Å². The van der Waals surface area contributed by atoms with Crippen LogP contribution in [-0.4, -0.2) is 16.3 Å². The van der Waals surface area contributed by atoms with Gasteiger partial charge in [0.1, 0.15) is 5.60 Å². The second-order valence-corrected chi connectivity index (χ2v) is 6.75. The predicted molar refractivity (Wildman–Crippen MR) is 79.0 cm³/mol. The minimum absolute atomic E-state index is 0.187. The average molecular weight is 412 g/mol. The van der Waals surface area contributed by atoms with Crippen LogP contribution in [0.4, 0.5) is 26.7 Å². The van der Waals surface area contributed by atoms with Crippen LogP contribution in [0, 0.1) is 29.1 Å². The molecule has 0 fully saturated rings. The lowest BCUT2D eigenvalue weighted by atomic mass is 10.1. The van der Waals surface area contributed by atoms with Crippen LogP contribution in [0.3, 0.4) is 0 Å². The van der Waals surface area contributed by atoms with E-state index in [2.05, 4.69) is 15.9 Å². The van der Waals surface area contributed by atoms with Crippen LogP contribution in [0.2, 0.25) is 0 Å². The summed E-state index contributed by atoms with van der Waals surface area (Å²) >= 11 is 2.99. The summed E-state index contributed by atoms with van der Waals surface area (Å²) in [6.07, 6.45) is 0.0636. The molecule has 0 unspecified atom stereocenters. The Morgan fingerprint density at radius 2 is 1.46 bits per heavy atom. The van der Waals surface area contributed by atoms with Gasteiger partial charge < -0.3 is 4.74 Å². The van der Waals surface area contributed by atoms with Gasteiger partial charge in [0.15, 0.2) is 23.3 Å². The summed E-state index contributed by atoms with van der Waals surface area (Å²) in [6, 6.07) is 1.04. The fourth-order valence-corrected chi connectivity index (χ4v) is 2.34. The van der Waals surface area contributed by atoms with E-state index in [1.807, 2.05) is 0 Å². The van der Waals surface area contributed by atoms with Crippen LogP contribution in [0.15, 0.2) is 16.7 Å². The predicted octanol–water partition coefficient (Wildman–Crippen LogP) is 5.40. The standard InChI is InChI=1S/C15H11BrF5NO2/c1-15(2,3)24-14(23)22-5-6(16)4-7(22)8-9(17)11(19)13(21)12(20)10(8)18/h4-5H,1-3H3. The maximum absolute atomic E-state index is 14.0. The van der Waals surface area contributed by atoms with Crippen LogP contribution in [0.25, 0.3) is 11.3 Å². The number of aromatic nitrogens is 1. The molecular weight excluding hydrogens is 401 g/mol. The van der Waals surface area contributed by atoms with E-state index in [-0.39, 0.29) is 4.47 Å². The molecule has 0 amide bonds. The summed E-state index contributed by atoms with van der Waals surface area (Å²) in [5.74, 6) is -10.6. The van der Waals surface area contributed by atoms with Crippen LogP contribution in [0.1, 0.15) is 20.8 Å². The monoisotopic (exact) mass is 411 g/mol. The molecule has 1 aromatic carbocycles. The number of rotatable bonds is 1. The Labute approximate surface area is 142 Å². The van der Waals surface area contributed by atoms with Crippen LogP contribution in [0.5, 0.6) is 0 Å². The number of carbonyl (C=O) groups excluding carboxylic acids is 1. The molecule has 0 N–H and O–H groups in total. The first kappa shape index (κ1) is 18.4. The van der Waals surface area contributed by atoms with E-state index in [9.17, 15) is 26.7 Å². The largest absolute Gasteiger partial charge is 0.443 e. The second-order valence-electron chi connectivity index (χ2n) is 5.84. The quantitative estimate of drug-likeness (QED) is 0.357. The van der Waals surface area contributed by atoms with Gasteiger partial charge in [-0.3, -0.25) is 4.57 Å². The van der Waals surface area contributed by atoms with Crippen LogP contribution < -0.4 is 0 Å². The zero-order valence-electron chi connectivity index (χ0n) is 12.7. The van der Waals surface area contributed by atoms with E-state index in [4.69, 9.17) is 4.74 Å². The highest BCUT2D eigenvalue weighted by Gasteiger charge is 2.30. The zero-order valence-corrected chi connectivity index (χ0v) is 14.3. The number of carbonyl (C=O) groups is 1. The normalized spacial score (nSPS) is 11.7. The lowest BCUT2D eigenvalue weighted by Gasteiger charge is -2.20. The topological polar surface area (TPSA) is 31.2 Å². The summed E-state index contributed by atoms with van der Waals surface area (Å²) in [6.45, 7) is 4.67. The summed E-state index contributed by atoms with van der Waals surface area (Å²) in [4.78, 5) is 12.1. The Morgan fingerprint density at radius 3 is 1.92 bits per heavy atom. The highest BCUT2D eigenvalue weighted by molar-refractivity contribution is 9.10. The van der Waals surface area contributed by atoms with Crippen molar-refractivity contribution in [3.8, 4) is 11.3 Å². The number of nitrogens with zero attached hydrogens (tertiary/aromatic N) is 1. The SMILES string of the molecule is CC(C)(C)OC(=O)n1cc(Br)cc1-c1c(F)c(F)c(F)c(F)c1F. The third-order valence-corrected chi connectivity index (χ3v) is 3.28. The summed E-state index contributed by atoms with van der Waals surface area (Å²) < 4.78 is 73.8. The molecule has 130 valence electrons. The summed E-state index contributed by atoms with van der Waals surface area (Å²) in [5, 5.41) is 0. The molecule has 1 heterocycles. The molecule has 0 aliphatic heterocycles. The van der Waals surface area contributed by atoms with Crippen molar-refractivity contribution < 1.29 is 31.5 Å². The number of ether oxygens (including phenoxy) is 1. The lowest BCUT2D eigenvalue weighted by Crippen LogP contribution is -2.27. The molecule has 0 bridgehead atoms. The molecule has 1 aromatic heterocycles. The van der Waals surface area contributed by atoms with Gasteiger partial charge in [0.2, 0.25) is 5.82 Å². The molecule has 0 aliphatic carbocycles. The molecule has 24 heavy (non-hydrogen) atoms. The molecule has 2 aromatic rings. The van der Waals surface area contributed by atoms with E-state index in [1.165, 1.54) is 0 Å². The molecule has 0 radical (unpaired) electrons. The Bertz CT molecular complexity index is 797. The molecule has 9 heteroatoms. The third kappa shape index (κ3) is 3.31. The molecule has 0 atom stereocenters. The van der Waals surface area contributed by atoms with E-state index in [0.717, 1.165) is 12.3 Å². The van der Waals surface area contributed by atoms with Gasteiger partial charge in [0.25, 0.3) is 0 Å². The number of hydrogen-bond donors (Lipinski definition) is 0. The number of hydrogen-bond acceptors (Lipinski definition) is 2. The Kier molecular flexibility index (Phi) is 4.76. The van der Waals surface area contributed by atoms with Crippen LogP contribution in [-0.2, 0) is 4.74 Å². The minimum atomic E-state index is -2.27. The van der Waals surface area contributed by atoms with Crippen molar-refractivity contribution in [2.75, 3.05) is 0 Å². The molecule has 0 aliphatic rings. The summed E-state index contributed by atoms with van der Waals surface area (Å²) in [7, 11) is 0. The molecule has 0 saturated heterocycles. The Balaban J connectivity index is 2.70. The summed E-state index contributed by atoms with van der Waals surface area (Å²) in [5.41, 5.74) is -2.69. The minimum Gasteiger partial charge on any atom is -0.443 e. The van der Waals surface area contributed by atoms with E-state index in [0.29, 0.717) is 4.57 Å². The Hall–Kier alpha value is -1.90. The van der Waals surface area contributed by atoms with Crippen molar-refractivity contribution >= 4 is 22.0 Å². The van der Waals surface area contributed by atoms with Gasteiger partial charge in [-0.05, 0) is 42.8 Å². The fourth-order valence-electron chi connectivity index (χ4n) is 1.91. The van der Waals surface area contributed by atoms with Crippen molar-refractivity contribution in [3.63, 3.8) is 0 Å². The lowest BCUT2D eigenvalue weighted by molar-refractivity contribution is 0.0540. The van der Waals surface area contributed by atoms with Crippen LogP contribution >= 0.6 is 15.9 Å². The maximum Gasteiger partial charge on any atom is 0.419 e. The van der Waals surface area contributed by atoms with Crippen molar-refractivity contribution in [1.29, 1.82) is 0 Å². The van der Waals surface area contributed by atoms with Crippen molar-refractivity contribution in [3.05, 3.63) is 45.8 Å². The average Bonchev–Trinajstić information content (AvgIpc) is 2.83. The van der Waals surface area contributed by atoms with E-state index < -0.39 is 52.0 Å². The van der Waals surface area contributed by atoms with E-state index >= 15 is 0 Å². The highest BCUT2D eigenvalue weighted by atomic mass is 79.9. The van der Waals surface area contributed by atoms with Crippen molar-refractivity contribution in [2.45, 2.75) is 26.4 Å². The highest BCUT2D eigenvalue weighted by Crippen LogP contribution is 2.34. The first-order valence-corrected chi connectivity index (χ1v) is 7.36. The van der Waals surface area contributed by atoms with Gasteiger partial charge in [-0.1, -0.05) is 0 Å². The fraction of sp³-hybridized carbons (Fsp3) is 0.267. The number of benzene rings is 1. The number of halogens is 6.